The van der Waals surface area contributed by atoms with Gasteiger partial charge < -0.3 is 5.32 Å². The Hall–Kier alpha value is -2.53. The standard InChI is InChI=1S/C18H15FN2OS/c1-11-4-3-9-20-17(11)21-18(22)15-10-12(2)16(23-15)13-5-7-14(19)8-6-13/h3-10H,1-2H3,(H,20,21,22). The smallest absolute Gasteiger partial charge is 0.266 e. The van der Waals surface area contributed by atoms with Crippen LogP contribution < -0.4 is 5.32 Å². The maximum atomic E-state index is 13.0. The van der Waals surface area contributed by atoms with E-state index in [2.05, 4.69) is 10.3 Å². The van der Waals surface area contributed by atoms with Crippen LogP contribution in [-0.4, -0.2) is 10.9 Å². The van der Waals surface area contributed by atoms with E-state index in [1.165, 1.54) is 23.5 Å². The Bertz CT molecular complexity index is 856. The second-order valence-corrected chi connectivity index (χ2v) is 6.30. The van der Waals surface area contributed by atoms with Crippen molar-refractivity contribution in [3.05, 3.63) is 70.5 Å². The van der Waals surface area contributed by atoms with Crippen LogP contribution in [-0.2, 0) is 0 Å². The highest BCUT2D eigenvalue weighted by Crippen LogP contribution is 2.32. The van der Waals surface area contributed by atoms with Crippen molar-refractivity contribution in [2.75, 3.05) is 5.32 Å². The van der Waals surface area contributed by atoms with Crippen molar-refractivity contribution in [3.8, 4) is 10.4 Å². The predicted octanol–water partition coefficient (Wildman–Crippen LogP) is 4.82. The number of pyridine rings is 1. The molecule has 0 aliphatic rings. The molecule has 0 aliphatic carbocycles. The zero-order valence-electron chi connectivity index (χ0n) is 12.8. The van der Waals surface area contributed by atoms with Gasteiger partial charge in [0.25, 0.3) is 5.91 Å². The Morgan fingerprint density at radius 3 is 2.57 bits per heavy atom. The summed E-state index contributed by atoms with van der Waals surface area (Å²) in [6.07, 6.45) is 1.65. The highest BCUT2D eigenvalue weighted by atomic mass is 32.1. The summed E-state index contributed by atoms with van der Waals surface area (Å²) < 4.78 is 13.0. The average molecular weight is 326 g/mol. The zero-order chi connectivity index (χ0) is 16.4. The maximum absolute atomic E-state index is 13.0. The lowest BCUT2D eigenvalue weighted by molar-refractivity contribution is 0.103. The van der Waals surface area contributed by atoms with Gasteiger partial charge in [0.15, 0.2) is 0 Å². The Kier molecular flexibility index (Phi) is 4.21. The number of aryl methyl sites for hydroxylation is 2. The van der Waals surface area contributed by atoms with E-state index in [0.717, 1.165) is 21.6 Å². The van der Waals surface area contributed by atoms with Crippen molar-refractivity contribution < 1.29 is 9.18 Å². The molecule has 0 saturated heterocycles. The quantitative estimate of drug-likeness (QED) is 0.750. The third-order valence-electron chi connectivity index (χ3n) is 3.49. The van der Waals surface area contributed by atoms with Crippen LogP contribution >= 0.6 is 11.3 Å². The SMILES string of the molecule is Cc1cccnc1NC(=O)c1cc(C)c(-c2ccc(F)cc2)s1. The van der Waals surface area contributed by atoms with Crippen LogP contribution in [0, 0.1) is 19.7 Å². The number of anilines is 1. The Morgan fingerprint density at radius 1 is 1.13 bits per heavy atom. The number of nitrogens with zero attached hydrogens (tertiary/aromatic N) is 1. The van der Waals surface area contributed by atoms with Crippen molar-refractivity contribution in [3.63, 3.8) is 0 Å². The summed E-state index contributed by atoms with van der Waals surface area (Å²) in [6, 6.07) is 11.9. The fourth-order valence-corrected chi connectivity index (χ4v) is 3.34. The van der Waals surface area contributed by atoms with Crippen molar-refractivity contribution in [1.29, 1.82) is 0 Å². The summed E-state index contributed by atoms with van der Waals surface area (Å²) in [5.74, 6) is 0.103. The molecular weight excluding hydrogens is 311 g/mol. The van der Waals surface area contributed by atoms with E-state index in [4.69, 9.17) is 0 Å². The van der Waals surface area contributed by atoms with Gasteiger partial charge in [0.1, 0.15) is 11.6 Å². The van der Waals surface area contributed by atoms with Crippen LogP contribution in [0.2, 0.25) is 0 Å². The highest BCUT2D eigenvalue weighted by molar-refractivity contribution is 7.17. The van der Waals surface area contributed by atoms with Crippen LogP contribution in [0.1, 0.15) is 20.8 Å². The van der Waals surface area contributed by atoms with Gasteiger partial charge in [0, 0.05) is 11.1 Å². The van der Waals surface area contributed by atoms with Gasteiger partial charge in [0.2, 0.25) is 0 Å². The topological polar surface area (TPSA) is 42.0 Å². The zero-order valence-corrected chi connectivity index (χ0v) is 13.6. The van der Waals surface area contributed by atoms with Gasteiger partial charge in [-0.3, -0.25) is 4.79 Å². The molecule has 5 heteroatoms. The van der Waals surface area contributed by atoms with Gasteiger partial charge in [0.05, 0.1) is 4.88 Å². The minimum atomic E-state index is -0.272. The van der Waals surface area contributed by atoms with E-state index in [1.807, 2.05) is 32.0 Å². The third kappa shape index (κ3) is 3.29. The Labute approximate surface area is 137 Å². The second kappa shape index (κ2) is 6.30. The van der Waals surface area contributed by atoms with Crippen molar-refractivity contribution in [1.82, 2.24) is 4.98 Å². The molecule has 0 bridgehead atoms. The molecule has 0 atom stereocenters. The summed E-state index contributed by atoms with van der Waals surface area (Å²) in [6.45, 7) is 3.84. The highest BCUT2D eigenvalue weighted by Gasteiger charge is 2.15. The maximum Gasteiger partial charge on any atom is 0.266 e. The van der Waals surface area contributed by atoms with Gasteiger partial charge in [-0.25, -0.2) is 9.37 Å². The normalized spacial score (nSPS) is 10.6. The number of benzene rings is 1. The number of hydrogen-bond donors (Lipinski definition) is 1. The lowest BCUT2D eigenvalue weighted by Gasteiger charge is -2.05. The Balaban J connectivity index is 1.87. The van der Waals surface area contributed by atoms with Crippen molar-refractivity contribution in [2.45, 2.75) is 13.8 Å². The van der Waals surface area contributed by atoms with Gasteiger partial charge >= 0.3 is 0 Å². The first-order chi connectivity index (χ1) is 11.0. The Morgan fingerprint density at radius 2 is 1.87 bits per heavy atom. The molecule has 1 amide bonds. The van der Waals surface area contributed by atoms with Gasteiger partial charge in [-0.05, 0) is 54.8 Å². The molecule has 116 valence electrons. The summed E-state index contributed by atoms with van der Waals surface area (Å²) in [4.78, 5) is 18.2. The molecule has 0 aliphatic heterocycles. The third-order valence-corrected chi connectivity index (χ3v) is 4.77. The second-order valence-electron chi connectivity index (χ2n) is 5.25. The van der Waals surface area contributed by atoms with Gasteiger partial charge in [-0.2, -0.15) is 0 Å². The molecule has 3 nitrogen and oxygen atoms in total. The summed E-state index contributed by atoms with van der Waals surface area (Å²) in [5, 5.41) is 2.83. The van der Waals surface area contributed by atoms with Crippen LogP contribution in [0.15, 0.2) is 48.7 Å². The first-order valence-corrected chi connectivity index (χ1v) is 7.95. The number of hydrogen-bond acceptors (Lipinski definition) is 3. The van der Waals surface area contributed by atoms with Crippen LogP contribution in [0.5, 0.6) is 0 Å². The molecule has 1 N–H and O–H groups in total. The molecule has 2 heterocycles. The van der Waals surface area contributed by atoms with Crippen LogP contribution in [0.3, 0.4) is 0 Å². The number of thiophene rings is 1. The molecular formula is C18H15FN2OS. The van der Waals surface area contributed by atoms with E-state index in [9.17, 15) is 9.18 Å². The predicted molar refractivity (Wildman–Crippen MR) is 91.4 cm³/mol. The fourth-order valence-electron chi connectivity index (χ4n) is 2.27. The lowest BCUT2D eigenvalue weighted by atomic mass is 10.1. The summed E-state index contributed by atoms with van der Waals surface area (Å²) in [5.41, 5.74) is 2.80. The first-order valence-electron chi connectivity index (χ1n) is 7.14. The monoisotopic (exact) mass is 326 g/mol. The van der Waals surface area contributed by atoms with Gasteiger partial charge in [-0.15, -0.1) is 11.3 Å². The fraction of sp³-hybridized carbons (Fsp3) is 0.111. The minimum Gasteiger partial charge on any atom is -0.306 e. The molecule has 3 aromatic rings. The number of amides is 1. The molecule has 1 aromatic carbocycles. The first kappa shape index (κ1) is 15.4. The number of nitrogens with one attached hydrogen (secondary N) is 1. The van der Waals surface area contributed by atoms with E-state index in [1.54, 1.807) is 18.3 Å². The lowest BCUT2D eigenvalue weighted by Crippen LogP contribution is -2.12. The molecule has 3 rings (SSSR count). The number of aromatic nitrogens is 1. The van der Waals surface area contributed by atoms with Crippen molar-refractivity contribution >= 4 is 23.1 Å². The minimum absolute atomic E-state index is 0.187. The molecule has 0 fully saturated rings. The molecule has 2 aromatic heterocycles. The van der Waals surface area contributed by atoms with Crippen LogP contribution in [0.4, 0.5) is 10.2 Å². The number of carbonyl (C=O) groups is 1. The van der Waals surface area contributed by atoms with Crippen LogP contribution in [0.25, 0.3) is 10.4 Å². The molecule has 23 heavy (non-hydrogen) atoms. The average Bonchev–Trinajstić information content (AvgIpc) is 2.92. The molecule has 0 spiro atoms. The molecule has 0 saturated carbocycles. The summed E-state index contributed by atoms with van der Waals surface area (Å²) >= 11 is 1.39. The molecule has 0 radical (unpaired) electrons. The number of rotatable bonds is 3. The van der Waals surface area contributed by atoms with Crippen molar-refractivity contribution in [2.24, 2.45) is 0 Å². The van der Waals surface area contributed by atoms with E-state index < -0.39 is 0 Å². The van der Waals surface area contributed by atoms with E-state index in [-0.39, 0.29) is 11.7 Å². The molecule has 0 unspecified atom stereocenters. The van der Waals surface area contributed by atoms with Gasteiger partial charge in [-0.1, -0.05) is 18.2 Å². The number of carbonyl (C=O) groups excluding carboxylic acids is 1. The van der Waals surface area contributed by atoms with E-state index >= 15 is 0 Å². The largest absolute Gasteiger partial charge is 0.306 e. The summed E-state index contributed by atoms with van der Waals surface area (Å²) in [7, 11) is 0. The number of halogens is 1. The van der Waals surface area contributed by atoms with E-state index in [0.29, 0.717) is 10.7 Å².